The van der Waals surface area contributed by atoms with Gasteiger partial charge in [0.15, 0.2) is 0 Å². The smallest absolute Gasteiger partial charge is 0.419 e. The van der Waals surface area contributed by atoms with Crippen LogP contribution in [0.25, 0.3) is 0 Å². The molecule has 0 aliphatic heterocycles. The minimum absolute atomic E-state index is 0.0370. The van der Waals surface area contributed by atoms with Crippen molar-refractivity contribution in [2.75, 3.05) is 5.32 Å². The van der Waals surface area contributed by atoms with Gasteiger partial charge in [-0.15, -0.1) is 0 Å². The first-order chi connectivity index (χ1) is 19.0. The summed E-state index contributed by atoms with van der Waals surface area (Å²) in [6.45, 7) is 1.95. The summed E-state index contributed by atoms with van der Waals surface area (Å²) in [7, 11) is 0. The van der Waals surface area contributed by atoms with Crippen molar-refractivity contribution in [3.63, 3.8) is 0 Å². The highest BCUT2D eigenvalue weighted by atomic mass is 19.4. The van der Waals surface area contributed by atoms with Gasteiger partial charge in [0.05, 0.1) is 22.3 Å². The molecule has 0 bridgehead atoms. The topological polar surface area (TPSA) is 86.7 Å². The molecule has 3 aromatic carbocycles. The van der Waals surface area contributed by atoms with E-state index in [0.717, 1.165) is 41.3 Å². The van der Waals surface area contributed by atoms with Crippen molar-refractivity contribution in [1.29, 1.82) is 0 Å². The lowest BCUT2D eigenvalue weighted by molar-refractivity contribution is -0.140. The highest BCUT2D eigenvalue weighted by Gasteiger charge is 2.35. The zero-order valence-electron chi connectivity index (χ0n) is 20.5. The third-order valence-electron chi connectivity index (χ3n) is 5.65. The Labute approximate surface area is 226 Å². The van der Waals surface area contributed by atoms with Crippen LogP contribution in [-0.4, -0.2) is 27.8 Å². The Balaban J connectivity index is 2.06. The number of carbonyl (C=O) groups excluding carboxylic acids is 2. The van der Waals surface area contributed by atoms with Gasteiger partial charge in [0.25, 0.3) is 5.91 Å². The predicted molar refractivity (Wildman–Crippen MR) is 129 cm³/mol. The van der Waals surface area contributed by atoms with Gasteiger partial charge >= 0.3 is 18.3 Å². The molecule has 0 aliphatic carbocycles. The molecule has 2 N–H and O–H groups in total. The Morgan fingerprint density at radius 3 is 1.66 bits per heavy atom. The summed E-state index contributed by atoms with van der Waals surface area (Å²) in [5, 5.41) is 12.0. The van der Waals surface area contributed by atoms with Crippen molar-refractivity contribution in [2.24, 2.45) is 0 Å². The first-order valence-electron chi connectivity index (χ1n) is 11.3. The second kappa shape index (κ2) is 11.8. The summed E-state index contributed by atoms with van der Waals surface area (Å²) in [5.41, 5.74) is -4.72. The van der Waals surface area contributed by atoms with Crippen molar-refractivity contribution in [3.8, 4) is 0 Å². The number of anilines is 1. The zero-order valence-corrected chi connectivity index (χ0v) is 20.5. The Morgan fingerprint density at radius 1 is 0.780 bits per heavy atom. The van der Waals surface area contributed by atoms with Crippen LogP contribution in [0.3, 0.4) is 0 Å². The fourth-order valence-corrected chi connectivity index (χ4v) is 3.76. The normalized spacial score (nSPS) is 11.6. The summed E-state index contributed by atoms with van der Waals surface area (Å²) in [6, 6.07) is 6.63. The van der Waals surface area contributed by atoms with Crippen LogP contribution < -0.4 is 5.32 Å². The Morgan fingerprint density at radius 2 is 1.27 bits per heavy atom. The number of carboxylic acids is 1. The molecule has 3 rings (SSSR count). The molecule has 6 nitrogen and oxygen atoms in total. The Bertz CT molecular complexity index is 1450. The second-order valence-electron chi connectivity index (χ2n) is 8.54. The van der Waals surface area contributed by atoms with Gasteiger partial charge in [-0.3, -0.25) is 9.59 Å². The standard InChI is InChI=1S/C27H18F8N2O4/c1-2-23(38)36-16-5-6-17(18(11-16)25(40)41)24(39)37(12-14-3-7-19(21(28)9-14)26(30,31)32)13-15-4-8-20(22(29)10-15)27(33,34)35/h2-11H,1,12-13H2,(H,36,38)(H,40,41). The van der Waals surface area contributed by atoms with E-state index in [2.05, 4.69) is 11.9 Å². The molecule has 0 radical (unpaired) electrons. The molecule has 0 atom stereocenters. The lowest BCUT2D eigenvalue weighted by atomic mass is 10.0. The fraction of sp³-hybridized carbons (Fsp3) is 0.148. The molecule has 14 heteroatoms. The van der Waals surface area contributed by atoms with Gasteiger partial charge in [-0.05, 0) is 59.7 Å². The van der Waals surface area contributed by atoms with E-state index in [0.29, 0.717) is 24.3 Å². The molecule has 0 unspecified atom stereocenters. The third kappa shape index (κ3) is 7.47. The zero-order chi connectivity index (χ0) is 30.7. The third-order valence-corrected chi connectivity index (χ3v) is 5.65. The van der Waals surface area contributed by atoms with Crippen molar-refractivity contribution in [3.05, 3.63) is 112 Å². The van der Waals surface area contributed by atoms with E-state index in [-0.39, 0.29) is 16.8 Å². The number of rotatable bonds is 8. The van der Waals surface area contributed by atoms with Crippen molar-refractivity contribution < 1.29 is 54.6 Å². The summed E-state index contributed by atoms with van der Waals surface area (Å²) >= 11 is 0. The molecule has 0 aliphatic rings. The van der Waals surface area contributed by atoms with Gasteiger partial charge in [0.2, 0.25) is 5.91 Å². The van der Waals surface area contributed by atoms with E-state index in [1.165, 1.54) is 0 Å². The summed E-state index contributed by atoms with van der Waals surface area (Å²) in [5.74, 6) is -6.75. The number of nitrogens with zero attached hydrogens (tertiary/aromatic N) is 1. The van der Waals surface area contributed by atoms with Crippen LogP contribution in [0.1, 0.15) is 43.0 Å². The average Bonchev–Trinajstić information content (AvgIpc) is 2.86. The molecule has 0 spiro atoms. The first kappa shape index (κ1) is 30.8. The number of amides is 2. The number of benzene rings is 3. The molecular weight excluding hydrogens is 568 g/mol. The fourth-order valence-electron chi connectivity index (χ4n) is 3.76. The van der Waals surface area contributed by atoms with E-state index in [1.54, 1.807) is 0 Å². The van der Waals surface area contributed by atoms with Crippen LogP contribution in [0.15, 0.2) is 67.3 Å². The monoisotopic (exact) mass is 586 g/mol. The van der Waals surface area contributed by atoms with Crippen LogP contribution in [0.4, 0.5) is 40.8 Å². The van der Waals surface area contributed by atoms with Gasteiger partial charge in [-0.25, -0.2) is 13.6 Å². The highest BCUT2D eigenvalue weighted by molar-refractivity contribution is 6.06. The second-order valence-corrected chi connectivity index (χ2v) is 8.54. The van der Waals surface area contributed by atoms with Gasteiger partial charge in [0, 0.05) is 18.8 Å². The number of carbonyl (C=O) groups is 3. The Hall–Kier alpha value is -4.75. The minimum atomic E-state index is -5.02. The molecule has 2 amide bonds. The predicted octanol–water partition coefficient (Wildman–Crippen LogP) is 6.67. The van der Waals surface area contributed by atoms with Gasteiger partial charge in [-0.1, -0.05) is 18.7 Å². The average molecular weight is 586 g/mol. The molecule has 41 heavy (non-hydrogen) atoms. The van der Waals surface area contributed by atoms with Crippen LogP contribution in [0, 0.1) is 11.6 Å². The molecule has 0 aromatic heterocycles. The van der Waals surface area contributed by atoms with E-state index in [9.17, 15) is 54.6 Å². The largest absolute Gasteiger partial charge is 0.478 e. The van der Waals surface area contributed by atoms with Gasteiger partial charge in [-0.2, -0.15) is 26.3 Å². The summed E-state index contributed by atoms with van der Waals surface area (Å²) in [4.78, 5) is 37.8. The number of aromatic carboxylic acids is 1. The molecule has 0 heterocycles. The first-order valence-corrected chi connectivity index (χ1v) is 11.3. The maximum absolute atomic E-state index is 14.2. The van der Waals surface area contributed by atoms with Crippen LogP contribution in [-0.2, 0) is 30.2 Å². The van der Waals surface area contributed by atoms with Crippen LogP contribution >= 0.6 is 0 Å². The molecular formula is C27H18F8N2O4. The van der Waals surface area contributed by atoms with Gasteiger partial charge < -0.3 is 15.3 Å². The molecule has 3 aromatic rings. The maximum Gasteiger partial charge on any atom is 0.419 e. The highest BCUT2D eigenvalue weighted by Crippen LogP contribution is 2.33. The molecule has 0 fully saturated rings. The molecule has 216 valence electrons. The van der Waals surface area contributed by atoms with Crippen LogP contribution in [0.2, 0.25) is 0 Å². The summed E-state index contributed by atoms with van der Waals surface area (Å²) in [6.07, 6.45) is -9.14. The molecule has 0 saturated heterocycles. The van der Waals surface area contributed by atoms with E-state index in [1.807, 2.05) is 0 Å². The quantitative estimate of drug-likeness (QED) is 0.228. The number of hydrogen-bond acceptors (Lipinski definition) is 3. The van der Waals surface area contributed by atoms with E-state index in [4.69, 9.17) is 0 Å². The van der Waals surface area contributed by atoms with Crippen LogP contribution in [0.5, 0.6) is 0 Å². The van der Waals surface area contributed by atoms with Crippen molar-refractivity contribution in [1.82, 2.24) is 4.90 Å². The number of alkyl halides is 6. The Kier molecular flexibility index (Phi) is 8.84. The summed E-state index contributed by atoms with van der Waals surface area (Å²) < 4.78 is 106. The lowest BCUT2D eigenvalue weighted by Gasteiger charge is -2.25. The number of halogens is 8. The minimum Gasteiger partial charge on any atom is -0.478 e. The van der Waals surface area contributed by atoms with Crippen molar-refractivity contribution >= 4 is 23.5 Å². The number of hydrogen-bond donors (Lipinski definition) is 2. The maximum atomic E-state index is 14.2. The number of nitrogens with one attached hydrogen (secondary N) is 1. The lowest BCUT2D eigenvalue weighted by Crippen LogP contribution is -2.31. The molecule has 0 saturated carbocycles. The SMILES string of the molecule is C=CC(=O)Nc1ccc(C(=O)N(Cc2ccc(C(F)(F)F)c(F)c2)Cc2ccc(C(F)(F)F)c(F)c2)c(C(=O)O)c1. The van der Waals surface area contributed by atoms with Crippen molar-refractivity contribution in [2.45, 2.75) is 25.4 Å². The van der Waals surface area contributed by atoms with E-state index < -0.39 is 77.1 Å². The van der Waals surface area contributed by atoms with E-state index >= 15 is 0 Å². The van der Waals surface area contributed by atoms with Gasteiger partial charge in [0.1, 0.15) is 11.6 Å². The number of carboxylic acid groups (broad SMARTS) is 1.